The van der Waals surface area contributed by atoms with Crippen LogP contribution < -0.4 is 10.2 Å². The van der Waals surface area contributed by atoms with Gasteiger partial charge in [0.05, 0.1) is 24.7 Å². The van der Waals surface area contributed by atoms with Crippen LogP contribution in [-0.4, -0.2) is 53.6 Å². The average molecular weight is 324 g/mol. The monoisotopic (exact) mass is 324 g/mol. The predicted molar refractivity (Wildman–Crippen MR) is 82.8 cm³/mol. The molecule has 0 unspecified atom stereocenters. The van der Waals surface area contributed by atoms with E-state index in [0.29, 0.717) is 37.9 Å². The zero-order chi connectivity index (χ0) is 15.4. The summed E-state index contributed by atoms with van der Waals surface area (Å²) in [6, 6.07) is 0. The minimum atomic E-state index is -0.496. The molecule has 0 saturated carbocycles. The van der Waals surface area contributed by atoms with Gasteiger partial charge in [-0.15, -0.1) is 0 Å². The molecule has 1 amide bonds. The highest BCUT2D eigenvalue weighted by molar-refractivity contribution is 7.97. The molecule has 1 N–H and O–H groups in total. The molecule has 0 spiro atoms. The first kappa shape index (κ1) is 15.5. The molecule has 2 aliphatic rings. The topological polar surface area (TPSA) is 76.6 Å². The molecule has 7 nitrogen and oxygen atoms in total. The van der Waals surface area contributed by atoms with Crippen molar-refractivity contribution in [3.63, 3.8) is 0 Å². The molecular weight excluding hydrogens is 304 g/mol. The second-order valence-corrected chi connectivity index (χ2v) is 6.12. The number of nitrogens with one attached hydrogen (secondary N) is 1. The molecule has 0 aromatic carbocycles. The van der Waals surface area contributed by atoms with Gasteiger partial charge in [0.1, 0.15) is 5.82 Å². The van der Waals surface area contributed by atoms with Gasteiger partial charge in [-0.05, 0) is 25.5 Å². The molecule has 1 fully saturated rings. The maximum absolute atomic E-state index is 12.1. The van der Waals surface area contributed by atoms with Gasteiger partial charge < -0.3 is 9.47 Å². The van der Waals surface area contributed by atoms with Crippen molar-refractivity contribution in [2.45, 2.75) is 25.0 Å². The summed E-state index contributed by atoms with van der Waals surface area (Å²) in [5, 5.41) is 1.80. The van der Waals surface area contributed by atoms with E-state index in [4.69, 9.17) is 9.47 Å². The van der Waals surface area contributed by atoms with E-state index in [1.165, 1.54) is 0 Å². The molecule has 1 aromatic heterocycles. The van der Waals surface area contributed by atoms with Crippen LogP contribution in [0.5, 0.6) is 5.88 Å². The standard InChI is InChI=1S/C14H20N4O3S/c1-22-9-12-15-11-4-2-3-10(11)13(16-12)21-14(19)17-18-5-7-20-8-6-18/h2-9H2,1H3,(H,17,19). The molecule has 120 valence electrons. The summed E-state index contributed by atoms with van der Waals surface area (Å²) in [5.41, 5.74) is 4.73. The van der Waals surface area contributed by atoms with Crippen LogP contribution in [0.2, 0.25) is 0 Å². The van der Waals surface area contributed by atoms with Crippen molar-refractivity contribution in [2.75, 3.05) is 32.6 Å². The number of carbonyl (C=O) groups is 1. The minimum absolute atomic E-state index is 0.414. The number of amides is 1. The molecule has 1 aliphatic carbocycles. The first-order valence-corrected chi connectivity index (χ1v) is 8.84. The van der Waals surface area contributed by atoms with Gasteiger partial charge in [0.2, 0.25) is 5.88 Å². The number of nitrogens with zero attached hydrogens (tertiary/aromatic N) is 3. The lowest BCUT2D eigenvalue weighted by Gasteiger charge is -2.26. The van der Waals surface area contributed by atoms with Gasteiger partial charge in [0.15, 0.2) is 0 Å². The van der Waals surface area contributed by atoms with Crippen molar-refractivity contribution in [3.8, 4) is 5.88 Å². The van der Waals surface area contributed by atoms with Gasteiger partial charge in [-0.25, -0.2) is 14.8 Å². The molecule has 0 atom stereocenters. The highest BCUT2D eigenvalue weighted by Gasteiger charge is 2.23. The molecule has 22 heavy (non-hydrogen) atoms. The second kappa shape index (κ2) is 7.26. The van der Waals surface area contributed by atoms with Crippen molar-refractivity contribution in [1.29, 1.82) is 0 Å². The number of hydrogen-bond acceptors (Lipinski definition) is 7. The van der Waals surface area contributed by atoms with Crippen molar-refractivity contribution >= 4 is 17.9 Å². The van der Waals surface area contributed by atoms with Crippen LogP contribution in [0.4, 0.5) is 4.79 Å². The smallest absolute Gasteiger partial charge is 0.390 e. The Morgan fingerprint density at radius 3 is 2.95 bits per heavy atom. The van der Waals surface area contributed by atoms with E-state index in [1.807, 2.05) is 6.26 Å². The number of hydrazine groups is 1. The Morgan fingerprint density at radius 2 is 2.18 bits per heavy atom. The lowest BCUT2D eigenvalue weighted by molar-refractivity contribution is 0.0151. The van der Waals surface area contributed by atoms with Gasteiger partial charge in [0, 0.05) is 18.7 Å². The van der Waals surface area contributed by atoms with Crippen LogP contribution in [0.25, 0.3) is 0 Å². The van der Waals surface area contributed by atoms with E-state index in [9.17, 15) is 4.79 Å². The number of carbonyl (C=O) groups excluding carboxylic acids is 1. The fourth-order valence-electron chi connectivity index (χ4n) is 2.64. The van der Waals surface area contributed by atoms with Crippen LogP contribution in [0.15, 0.2) is 0 Å². The maximum Gasteiger partial charge on any atom is 0.428 e. The fourth-order valence-corrected chi connectivity index (χ4v) is 3.03. The maximum atomic E-state index is 12.1. The predicted octanol–water partition coefficient (Wildman–Crippen LogP) is 1.16. The largest absolute Gasteiger partial charge is 0.428 e. The Balaban J connectivity index is 1.69. The third-order valence-corrected chi connectivity index (χ3v) is 4.21. The van der Waals surface area contributed by atoms with Crippen molar-refractivity contribution < 1.29 is 14.3 Å². The SMILES string of the molecule is CSCc1nc2c(c(OC(=O)NN3CCOCC3)n1)CCC2. The number of aryl methyl sites for hydroxylation is 1. The lowest BCUT2D eigenvalue weighted by atomic mass is 10.2. The third-order valence-electron chi connectivity index (χ3n) is 3.66. The van der Waals surface area contributed by atoms with Crippen LogP contribution in [0, 0.1) is 0 Å². The van der Waals surface area contributed by atoms with E-state index >= 15 is 0 Å². The lowest BCUT2D eigenvalue weighted by Crippen LogP contribution is -2.49. The van der Waals surface area contributed by atoms with Gasteiger partial charge in [0.25, 0.3) is 0 Å². The number of fused-ring (bicyclic) bond motifs is 1. The molecule has 1 aliphatic heterocycles. The van der Waals surface area contributed by atoms with E-state index in [2.05, 4.69) is 15.4 Å². The number of thioether (sulfide) groups is 1. The summed E-state index contributed by atoms with van der Waals surface area (Å²) >= 11 is 1.65. The molecule has 1 aromatic rings. The third kappa shape index (κ3) is 3.68. The number of morpholine rings is 1. The number of rotatable bonds is 4. The molecule has 0 radical (unpaired) electrons. The van der Waals surface area contributed by atoms with E-state index < -0.39 is 6.09 Å². The van der Waals surface area contributed by atoms with Crippen molar-refractivity contribution in [3.05, 3.63) is 17.1 Å². The van der Waals surface area contributed by atoms with Crippen molar-refractivity contribution in [1.82, 2.24) is 20.4 Å². The van der Waals surface area contributed by atoms with Crippen LogP contribution >= 0.6 is 11.8 Å². The highest BCUT2D eigenvalue weighted by atomic mass is 32.2. The summed E-state index contributed by atoms with van der Waals surface area (Å²) in [6.07, 6.45) is 4.34. The summed E-state index contributed by atoms with van der Waals surface area (Å²) in [4.78, 5) is 21.0. The molecule has 2 heterocycles. The number of ether oxygens (including phenoxy) is 2. The van der Waals surface area contributed by atoms with E-state index in [1.54, 1.807) is 16.8 Å². The Morgan fingerprint density at radius 1 is 1.36 bits per heavy atom. The van der Waals surface area contributed by atoms with Gasteiger partial charge in [-0.1, -0.05) is 0 Å². The zero-order valence-electron chi connectivity index (χ0n) is 12.6. The van der Waals surface area contributed by atoms with Crippen LogP contribution in [0.1, 0.15) is 23.5 Å². The minimum Gasteiger partial charge on any atom is -0.390 e. The van der Waals surface area contributed by atoms with Crippen molar-refractivity contribution in [2.24, 2.45) is 0 Å². The molecule has 3 rings (SSSR count). The Kier molecular flexibility index (Phi) is 5.12. The fraction of sp³-hybridized carbons (Fsp3) is 0.643. The Bertz CT molecular complexity index is 549. The summed E-state index contributed by atoms with van der Waals surface area (Å²) in [7, 11) is 0. The highest BCUT2D eigenvalue weighted by Crippen LogP contribution is 2.28. The number of aromatic nitrogens is 2. The molecular formula is C14H20N4O3S. The quantitative estimate of drug-likeness (QED) is 0.890. The van der Waals surface area contributed by atoms with Crippen LogP contribution in [0.3, 0.4) is 0 Å². The second-order valence-electron chi connectivity index (χ2n) is 5.26. The Labute approximate surface area is 133 Å². The average Bonchev–Trinajstić information content (AvgIpc) is 2.97. The molecule has 1 saturated heterocycles. The van der Waals surface area contributed by atoms with Gasteiger partial charge in [-0.2, -0.15) is 16.7 Å². The van der Waals surface area contributed by atoms with E-state index in [0.717, 1.165) is 36.3 Å². The first-order valence-electron chi connectivity index (χ1n) is 7.45. The van der Waals surface area contributed by atoms with Crippen LogP contribution in [-0.2, 0) is 23.3 Å². The first-order chi connectivity index (χ1) is 10.8. The summed E-state index contributed by atoms with van der Waals surface area (Å²) in [6.45, 7) is 2.55. The Hall–Kier alpha value is -1.38. The molecule has 8 heteroatoms. The number of hydrogen-bond donors (Lipinski definition) is 1. The zero-order valence-corrected chi connectivity index (χ0v) is 13.4. The molecule has 0 bridgehead atoms. The summed E-state index contributed by atoms with van der Waals surface area (Å²) < 4.78 is 10.7. The normalized spacial score (nSPS) is 18.0. The summed E-state index contributed by atoms with van der Waals surface area (Å²) in [5.74, 6) is 1.86. The van der Waals surface area contributed by atoms with Gasteiger partial charge >= 0.3 is 6.09 Å². The van der Waals surface area contributed by atoms with E-state index in [-0.39, 0.29) is 0 Å². The van der Waals surface area contributed by atoms with Gasteiger partial charge in [-0.3, -0.25) is 5.43 Å².